The van der Waals surface area contributed by atoms with E-state index in [1.54, 1.807) is 48.5 Å². The first-order valence-corrected chi connectivity index (χ1v) is 14.6. The fraction of sp³-hybridized carbons (Fsp3) is 0.320. The van der Waals surface area contributed by atoms with E-state index < -0.39 is 37.4 Å². The maximum Gasteiger partial charge on any atom is 0.337 e. The molecule has 0 radical (unpaired) electrons. The van der Waals surface area contributed by atoms with Gasteiger partial charge in [0.15, 0.2) is 11.2 Å². The molecule has 3 aromatic rings. The molecule has 0 aromatic heterocycles. The molecule has 0 aliphatic carbocycles. The van der Waals surface area contributed by atoms with E-state index in [0.29, 0.717) is 34.9 Å². The molecule has 2 atom stereocenters. The van der Waals surface area contributed by atoms with Crippen molar-refractivity contribution in [2.45, 2.75) is 35.8 Å². The fourth-order valence-corrected chi connectivity index (χ4v) is 6.44. The van der Waals surface area contributed by atoms with E-state index in [1.165, 1.54) is 19.2 Å². The summed E-state index contributed by atoms with van der Waals surface area (Å²) in [6.07, 6.45) is 2.28. The fourth-order valence-electron chi connectivity index (χ4n) is 4.23. The van der Waals surface area contributed by atoms with Gasteiger partial charge < -0.3 is 19.0 Å². The largest absolute Gasteiger partial charge is 0.465 e. The molecule has 3 aromatic carbocycles. The molecule has 36 heavy (non-hydrogen) atoms. The van der Waals surface area contributed by atoms with E-state index in [9.17, 15) is 21.6 Å². The summed E-state index contributed by atoms with van der Waals surface area (Å²) in [7, 11) is -6.73. The second-order valence-corrected chi connectivity index (χ2v) is 12.2. The average Bonchev–Trinajstić information content (AvgIpc) is 3.37. The average molecular weight is 534 g/mol. The Kier molecular flexibility index (Phi) is 7.65. The number of ether oxygens (including phenoxy) is 2. The van der Waals surface area contributed by atoms with Gasteiger partial charge in [-0.25, -0.2) is 13.2 Å². The SMILES string of the molecule is COC(=O)c1cccc(COC(C2CCCN2)S(=O)(=O)c2cc(OS(C)(=O)=O)c3ccccc3c2)c1. The molecule has 1 saturated heterocycles. The van der Waals surface area contributed by atoms with E-state index in [1.807, 2.05) is 0 Å². The number of hydrogen-bond acceptors (Lipinski definition) is 9. The normalized spacial score (nSPS) is 17.1. The predicted octanol–water partition coefficient (Wildman–Crippen LogP) is 3.03. The molecule has 1 heterocycles. The number of sulfone groups is 1. The van der Waals surface area contributed by atoms with Gasteiger partial charge in [-0.2, -0.15) is 8.42 Å². The zero-order valence-electron chi connectivity index (χ0n) is 19.8. The third-order valence-electron chi connectivity index (χ3n) is 5.86. The van der Waals surface area contributed by atoms with Crippen LogP contribution in [0.1, 0.15) is 28.8 Å². The topological polar surface area (TPSA) is 125 Å². The summed E-state index contributed by atoms with van der Waals surface area (Å²) in [6.45, 7) is 0.589. The van der Waals surface area contributed by atoms with E-state index in [4.69, 9.17) is 13.7 Å². The molecule has 0 bridgehead atoms. The molecule has 1 fully saturated rings. The zero-order valence-corrected chi connectivity index (χ0v) is 21.5. The highest BCUT2D eigenvalue weighted by Gasteiger charge is 2.38. The molecular formula is C25H27NO8S2. The molecule has 1 aliphatic heterocycles. The van der Waals surface area contributed by atoms with Crippen LogP contribution in [0.2, 0.25) is 0 Å². The highest BCUT2D eigenvalue weighted by molar-refractivity contribution is 7.92. The number of carbonyl (C=O) groups excluding carboxylic acids is 1. The third kappa shape index (κ3) is 5.86. The van der Waals surface area contributed by atoms with Crippen molar-refractivity contribution in [3.8, 4) is 5.75 Å². The molecule has 192 valence electrons. The molecule has 0 saturated carbocycles. The highest BCUT2D eigenvalue weighted by Crippen LogP contribution is 2.33. The number of fused-ring (bicyclic) bond motifs is 1. The van der Waals surface area contributed by atoms with E-state index in [-0.39, 0.29) is 17.3 Å². The van der Waals surface area contributed by atoms with Gasteiger partial charge in [0.05, 0.1) is 30.4 Å². The van der Waals surface area contributed by atoms with Crippen LogP contribution in [0.4, 0.5) is 0 Å². The Morgan fingerprint density at radius 1 is 1.06 bits per heavy atom. The van der Waals surface area contributed by atoms with Gasteiger partial charge in [0.25, 0.3) is 0 Å². The molecular weight excluding hydrogens is 506 g/mol. The number of carbonyl (C=O) groups is 1. The highest BCUT2D eigenvalue weighted by atomic mass is 32.2. The number of rotatable bonds is 9. The Morgan fingerprint density at radius 2 is 1.83 bits per heavy atom. The summed E-state index contributed by atoms with van der Waals surface area (Å²) < 4.78 is 67.4. The molecule has 0 spiro atoms. The summed E-state index contributed by atoms with van der Waals surface area (Å²) >= 11 is 0. The summed E-state index contributed by atoms with van der Waals surface area (Å²) in [5, 5.41) is 4.18. The van der Waals surface area contributed by atoms with Crippen LogP contribution in [0.25, 0.3) is 10.8 Å². The van der Waals surface area contributed by atoms with E-state index >= 15 is 0 Å². The lowest BCUT2D eigenvalue weighted by Gasteiger charge is -2.25. The molecule has 2 unspecified atom stereocenters. The number of esters is 1. The first kappa shape index (κ1) is 26.1. The second kappa shape index (κ2) is 10.6. The van der Waals surface area contributed by atoms with Crippen molar-refractivity contribution in [3.05, 3.63) is 71.8 Å². The van der Waals surface area contributed by atoms with Crippen LogP contribution in [-0.2, 0) is 36.0 Å². The Bertz CT molecular complexity index is 1480. The maximum atomic E-state index is 13.9. The lowest BCUT2D eigenvalue weighted by molar-refractivity contribution is 0.0598. The standard InChI is InChI=1S/C25H27NO8S2/c1-32-24(27)19-9-5-7-17(13-19)16-33-25(22-11-6-12-26-22)36(30,31)20-14-18-8-3-4-10-21(18)23(15-20)34-35(2,28)29/h3-5,7-10,13-15,22,25-26H,6,11-12,16H2,1-2H3. The van der Waals surface area contributed by atoms with Gasteiger partial charge in [0.2, 0.25) is 9.84 Å². The van der Waals surface area contributed by atoms with Crippen LogP contribution in [0.15, 0.2) is 65.6 Å². The Hall–Kier alpha value is -2.99. The van der Waals surface area contributed by atoms with Crippen LogP contribution in [0, 0.1) is 0 Å². The summed E-state index contributed by atoms with van der Waals surface area (Å²) in [6, 6.07) is 15.6. The van der Waals surface area contributed by atoms with Crippen molar-refractivity contribution in [1.29, 1.82) is 0 Å². The van der Waals surface area contributed by atoms with Crippen LogP contribution < -0.4 is 9.50 Å². The quantitative estimate of drug-likeness (QED) is 0.326. The van der Waals surface area contributed by atoms with Crippen LogP contribution >= 0.6 is 0 Å². The number of nitrogens with one attached hydrogen (secondary N) is 1. The minimum atomic E-state index is -4.11. The Labute approximate surface area is 210 Å². The first-order valence-electron chi connectivity index (χ1n) is 11.3. The maximum absolute atomic E-state index is 13.9. The van der Waals surface area contributed by atoms with Gasteiger partial charge in [-0.3, -0.25) is 0 Å². The van der Waals surface area contributed by atoms with E-state index in [0.717, 1.165) is 12.7 Å². The lowest BCUT2D eigenvalue weighted by atomic mass is 10.1. The van der Waals surface area contributed by atoms with Gasteiger partial charge in [0, 0.05) is 17.5 Å². The molecule has 0 amide bonds. The van der Waals surface area contributed by atoms with Crippen molar-refractivity contribution in [1.82, 2.24) is 5.32 Å². The van der Waals surface area contributed by atoms with Crippen molar-refractivity contribution >= 4 is 36.7 Å². The van der Waals surface area contributed by atoms with Crippen molar-refractivity contribution < 1.29 is 35.3 Å². The minimum absolute atomic E-state index is 0.0623. The van der Waals surface area contributed by atoms with Gasteiger partial charge in [0.1, 0.15) is 0 Å². The molecule has 11 heteroatoms. The predicted molar refractivity (Wildman–Crippen MR) is 134 cm³/mol. The number of methoxy groups -OCH3 is 1. The summed E-state index contributed by atoms with van der Waals surface area (Å²) in [5.74, 6) is -0.578. The second-order valence-electron chi connectivity index (χ2n) is 8.55. The summed E-state index contributed by atoms with van der Waals surface area (Å²) in [5.41, 5.74) is -0.321. The monoisotopic (exact) mass is 533 g/mol. The van der Waals surface area contributed by atoms with Crippen molar-refractivity contribution in [3.63, 3.8) is 0 Å². The molecule has 1 aliphatic rings. The molecule has 4 rings (SSSR count). The molecule has 9 nitrogen and oxygen atoms in total. The van der Waals surface area contributed by atoms with Gasteiger partial charge in [-0.05, 0) is 48.5 Å². The van der Waals surface area contributed by atoms with Crippen LogP contribution in [0.5, 0.6) is 5.75 Å². The smallest absolute Gasteiger partial charge is 0.337 e. The van der Waals surface area contributed by atoms with Crippen molar-refractivity contribution in [2.24, 2.45) is 0 Å². The lowest BCUT2D eigenvalue weighted by Crippen LogP contribution is -2.42. The first-order chi connectivity index (χ1) is 17.1. The summed E-state index contributed by atoms with van der Waals surface area (Å²) in [4.78, 5) is 11.8. The zero-order chi connectivity index (χ0) is 25.9. The van der Waals surface area contributed by atoms with Gasteiger partial charge >= 0.3 is 16.1 Å². The Balaban J connectivity index is 1.71. The number of hydrogen-bond donors (Lipinski definition) is 1. The van der Waals surface area contributed by atoms with Crippen LogP contribution in [0.3, 0.4) is 0 Å². The number of benzene rings is 3. The van der Waals surface area contributed by atoms with Gasteiger partial charge in [-0.15, -0.1) is 0 Å². The molecule has 1 N–H and O–H groups in total. The third-order valence-corrected chi connectivity index (χ3v) is 8.31. The van der Waals surface area contributed by atoms with Crippen molar-refractivity contribution in [2.75, 3.05) is 19.9 Å². The minimum Gasteiger partial charge on any atom is -0.465 e. The Morgan fingerprint density at radius 3 is 2.53 bits per heavy atom. The van der Waals surface area contributed by atoms with Crippen LogP contribution in [-0.4, -0.2) is 54.2 Å². The van der Waals surface area contributed by atoms with E-state index in [2.05, 4.69) is 5.32 Å². The van der Waals surface area contributed by atoms with Gasteiger partial charge in [-0.1, -0.05) is 36.4 Å².